The van der Waals surface area contributed by atoms with Gasteiger partial charge >= 0.3 is 0 Å². The van der Waals surface area contributed by atoms with Crippen LogP contribution in [0.15, 0.2) is 33.9 Å². The fourth-order valence-corrected chi connectivity index (χ4v) is 4.31. The zero-order valence-corrected chi connectivity index (χ0v) is 17.1. The van der Waals surface area contributed by atoms with Gasteiger partial charge in [-0.3, -0.25) is 14.4 Å². The number of rotatable bonds is 5. The molecule has 2 saturated heterocycles. The normalized spacial score (nSPS) is 18.2. The van der Waals surface area contributed by atoms with E-state index in [1.54, 1.807) is 0 Å². The Morgan fingerprint density at radius 1 is 0.966 bits per heavy atom. The Hall–Kier alpha value is -2.63. The molecule has 2 aromatic rings. The summed E-state index contributed by atoms with van der Waals surface area (Å²) >= 11 is 0. The van der Waals surface area contributed by atoms with E-state index in [0.717, 1.165) is 57.4 Å². The number of nitrogens with zero attached hydrogens (tertiary/aromatic N) is 2. The van der Waals surface area contributed by atoms with Gasteiger partial charge in [0, 0.05) is 38.3 Å². The van der Waals surface area contributed by atoms with Gasteiger partial charge in [0.15, 0.2) is 0 Å². The fourth-order valence-electron chi connectivity index (χ4n) is 4.31. The van der Waals surface area contributed by atoms with Crippen LogP contribution >= 0.6 is 0 Å². The van der Waals surface area contributed by atoms with Gasteiger partial charge in [0.1, 0.15) is 11.4 Å². The number of hydrogen-bond donors (Lipinski definition) is 1. The zero-order chi connectivity index (χ0) is 20.4. The highest BCUT2D eigenvalue weighted by Gasteiger charge is 2.27. The second-order valence-electron chi connectivity index (χ2n) is 8.45. The summed E-state index contributed by atoms with van der Waals surface area (Å²) in [6, 6.07) is 7.54. The Kier molecular flexibility index (Phi) is 5.69. The smallest absolute Gasteiger partial charge is 0.253 e. The molecule has 0 aliphatic carbocycles. The maximum atomic E-state index is 12.7. The molecule has 0 spiro atoms. The summed E-state index contributed by atoms with van der Waals surface area (Å²) < 4.78 is 0. The summed E-state index contributed by atoms with van der Waals surface area (Å²) in [6.45, 7) is 6.02. The molecule has 0 atom stereocenters. The van der Waals surface area contributed by atoms with E-state index in [1.807, 2.05) is 34.1 Å². The zero-order valence-electron chi connectivity index (χ0n) is 17.1. The molecule has 0 saturated carbocycles. The van der Waals surface area contributed by atoms with Crippen LogP contribution in [0, 0.1) is 5.92 Å². The molecule has 0 radical (unpaired) electrons. The third-order valence-electron chi connectivity index (χ3n) is 6.30. The lowest BCUT2D eigenvalue weighted by Gasteiger charge is -2.31. The molecule has 0 aromatic heterocycles. The van der Waals surface area contributed by atoms with Gasteiger partial charge in [0.2, 0.25) is 0 Å². The topological polar surface area (TPSA) is 69.7 Å². The maximum Gasteiger partial charge on any atom is 0.253 e. The Labute approximate surface area is 171 Å². The third-order valence-corrected chi connectivity index (χ3v) is 6.30. The quantitative estimate of drug-likeness (QED) is 0.789. The van der Waals surface area contributed by atoms with E-state index in [9.17, 15) is 14.4 Å². The molecule has 154 valence electrons. The lowest BCUT2D eigenvalue weighted by atomic mass is 9.98. The van der Waals surface area contributed by atoms with Gasteiger partial charge in [-0.15, -0.1) is 0 Å². The Balaban J connectivity index is 1.38. The van der Waals surface area contributed by atoms with Gasteiger partial charge < -0.3 is 15.1 Å². The molecule has 2 aromatic carbocycles. The van der Waals surface area contributed by atoms with Gasteiger partial charge in [-0.2, -0.15) is 0 Å². The van der Waals surface area contributed by atoms with E-state index < -0.39 is 5.43 Å². The number of carbonyl (C=O) groups excluding carboxylic acids is 1. The predicted octanol–water partition coefficient (Wildman–Crippen LogP) is 2.76. The number of hydrogen-bond acceptors (Lipinski definition) is 5. The van der Waals surface area contributed by atoms with Crippen LogP contribution < -0.4 is 21.1 Å². The fraction of sp³-hybridized carbons (Fsp3) is 0.522. The molecule has 1 N–H and O–H groups in total. The molecule has 6 heteroatoms. The highest BCUT2D eigenvalue weighted by atomic mass is 16.2. The van der Waals surface area contributed by atoms with Crippen LogP contribution in [0.5, 0.6) is 0 Å². The van der Waals surface area contributed by atoms with E-state index in [2.05, 4.69) is 12.2 Å². The van der Waals surface area contributed by atoms with Crippen LogP contribution in [0.2, 0.25) is 0 Å². The highest BCUT2D eigenvalue weighted by molar-refractivity contribution is 5.94. The van der Waals surface area contributed by atoms with Crippen LogP contribution in [-0.2, 0) is 6.54 Å². The van der Waals surface area contributed by atoms with E-state index in [1.165, 1.54) is 6.42 Å². The van der Waals surface area contributed by atoms with Crippen molar-refractivity contribution in [3.8, 4) is 0 Å². The van der Waals surface area contributed by atoms with Crippen molar-refractivity contribution in [2.45, 2.75) is 45.6 Å². The molecular formula is C23H29N3O3. The molecule has 0 unspecified atom stereocenters. The first-order valence-electron chi connectivity index (χ1n) is 10.7. The van der Waals surface area contributed by atoms with Crippen LogP contribution in [0.4, 0.5) is 11.4 Å². The minimum atomic E-state index is -0.420. The van der Waals surface area contributed by atoms with Crippen molar-refractivity contribution in [3.05, 3.63) is 55.8 Å². The summed E-state index contributed by atoms with van der Waals surface area (Å²) in [5.41, 5.74) is 1.89. The monoisotopic (exact) mass is 395 g/mol. The average Bonchev–Trinajstić information content (AvgIpc) is 2.77. The van der Waals surface area contributed by atoms with Crippen molar-refractivity contribution in [1.29, 1.82) is 0 Å². The molecule has 2 aliphatic heterocycles. The van der Waals surface area contributed by atoms with Crippen molar-refractivity contribution in [2.75, 3.05) is 36.4 Å². The Bertz CT molecular complexity index is 929. The predicted molar refractivity (Wildman–Crippen MR) is 115 cm³/mol. The SMILES string of the molecule is CC1CCN(C(=O)c2ccc(CNc3c(N4CCCCC4)c(=O)c3=O)cc2)CC1. The first-order chi connectivity index (χ1) is 14.0. The van der Waals surface area contributed by atoms with E-state index in [0.29, 0.717) is 29.4 Å². The summed E-state index contributed by atoms with van der Waals surface area (Å²) in [4.78, 5) is 40.7. The number of piperidine rings is 2. The van der Waals surface area contributed by atoms with Gasteiger partial charge in [-0.05, 0) is 55.7 Å². The lowest BCUT2D eigenvalue weighted by molar-refractivity contribution is 0.0697. The first-order valence-corrected chi connectivity index (χ1v) is 10.7. The molecule has 6 nitrogen and oxygen atoms in total. The van der Waals surface area contributed by atoms with Crippen LogP contribution in [0.1, 0.15) is 54.9 Å². The van der Waals surface area contributed by atoms with Crippen molar-refractivity contribution in [3.63, 3.8) is 0 Å². The summed E-state index contributed by atoms with van der Waals surface area (Å²) in [5.74, 6) is 0.781. The van der Waals surface area contributed by atoms with E-state index in [-0.39, 0.29) is 11.3 Å². The number of carbonyl (C=O) groups is 1. The van der Waals surface area contributed by atoms with E-state index in [4.69, 9.17) is 0 Å². The molecule has 29 heavy (non-hydrogen) atoms. The van der Waals surface area contributed by atoms with Gasteiger partial charge in [0.25, 0.3) is 16.8 Å². The minimum Gasteiger partial charge on any atom is -0.376 e. The van der Waals surface area contributed by atoms with Crippen molar-refractivity contribution in [1.82, 2.24) is 4.90 Å². The van der Waals surface area contributed by atoms with Crippen molar-refractivity contribution >= 4 is 17.3 Å². The van der Waals surface area contributed by atoms with Crippen molar-refractivity contribution in [2.24, 2.45) is 5.92 Å². The average molecular weight is 396 g/mol. The maximum absolute atomic E-state index is 12.7. The summed E-state index contributed by atoms with van der Waals surface area (Å²) in [7, 11) is 0. The molecule has 4 rings (SSSR count). The van der Waals surface area contributed by atoms with Crippen LogP contribution in [-0.4, -0.2) is 37.0 Å². The second-order valence-corrected chi connectivity index (χ2v) is 8.45. The Morgan fingerprint density at radius 3 is 2.28 bits per heavy atom. The number of likely N-dealkylation sites (tertiary alicyclic amines) is 1. The summed E-state index contributed by atoms with van der Waals surface area (Å²) in [6.07, 6.45) is 5.42. The number of anilines is 2. The minimum absolute atomic E-state index is 0.0891. The van der Waals surface area contributed by atoms with Crippen LogP contribution in [0.25, 0.3) is 0 Å². The van der Waals surface area contributed by atoms with Crippen molar-refractivity contribution < 1.29 is 4.79 Å². The number of nitrogens with one attached hydrogen (secondary N) is 1. The molecule has 2 fully saturated rings. The molecular weight excluding hydrogens is 366 g/mol. The largest absolute Gasteiger partial charge is 0.376 e. The van der Waals surface area contributed by atoms with Gasteiger partial charge in [-0.25, -0.2) is 0 Å². The first kappa shape index (κ1) is 19.7. The highest BCUT2D eigenvalue weighted by Crippen LogP contribution is 2.24. The third kappa shape index (κ3) is 4.07. The second kappa shape index (κ2) is 8.39. The number of amides is 1. The van der Waals surface area contributed by atoms with Gasteiger partial charge in [0.05, 0.1) is 0 Å². The summed E-state index contributed by atoms with van der Waals surface area (Å²) in [5, 5.41) is 3.15. The van der Waals surface area contributed by atoms with Gasteiger partial charge in [-0.1, -0.05) is 19.1 Å². The molecule has 1 amide bonds. The molecule has 0 bridgehead atoms. The lowest BCUT2D eigenvalue weighted by Crippen LogP contribution is -2.44. The molecule has 2 aliphatic rings. The standard InChI is InChI=1S/C23H29N3O3/c1-16-9-13-26(14-10-16)23(29)18-7-5-17(6-8-18)15-24-19-20(22(28)21(19)27)25-11-3-2-4-12-25/h5-8,16,24H,2-4,9-15H2,1H3. The number of benzene rings is 1. The van der Waals surface area contributed by atoms with E-state index >= 15 is 0 Å². The Morgan fingerprint density at radius 2 is 1.62 bits per heavy atom. The molecule has 2 heterocycles. The van der Waals surface area contributed by atoms with Crippen LogP contribution in [0.3, 0.4) is 0 Å².